The fraction of sp³-hybridized carbons (Fsp3) is 0.0667. The van der Waals surface area contributed by atoms with Crippen LogP contribution in [0.15, 0.2) is 115 Å². The minimum atomic E-state index is 0.248. The third kappa shape index (κ3) is 2.83. The maximum absolute atomic E-state index is 7.14. The lowest BCUT2D eigenvalue weighted by atomic mass is 9.59. The van der Waals surface area contributed by atoms with Crippen LogP contribution in [0.4, 0.5) is 0 Å². The first kappa shape index (κ1) is 18.4. The molecule has 31 heavy (non-hydrogen) atoms. The molecule has 0 unspecified atom stereocenters. The van der Waals surface area contributed by atoms with Crippen molar-refractivity contribution in [2.24, 2.45) is 0 Å². The van der Waals surface area contributed by atoms with Gasteiger partial charge in [-0.15, -0.1) is 0 Å². The molecule has 5 aromatic carbocycles. The number of fused-ring (bicyclic) bond motifs is 2. The molecule has 0 saturated carbocycles. The molecule has 148 valence electrons. The molecule has 0 aliphatic heterocycles. The first-order valence-corrected chi connectivity index (χ1v) is 11.1. The summed E-state index contributed by atoms with van der Waals surface area (Å²) in [6.45, 7) is 0. The Morgan fingerprint density at radius 3 is 1.48 bits per heavy atom. The first-order valence-electron chi connectivity index (χ1n) is 10.7. The second-order valence-electron chi connectivity index (χ2n) is 8.20. The molecule has 0 amide bonds. The quantitative estimate of drug-likeness (QED) is 0.277. The predicted octanol–water partition coefficient (Wildman–Crippen LogP) is 8.44. The maximum atomic E-state index is 7.14. The summed E-state index contributed by atoms with van der Waals surface area (Å²) in [5.74, 6) is 0.522. The van der Waals surface area contributed by atoms with Crippen LogP contribution in [0.25, 0.3) is 21.9 Å². The van der Waals surface area contributed by atoms with Gasteiger partial charge < -0.3 is 0 Å². The van der Waals surface area contributed by atoms with E-state index in [1.165, 1.54) is 38.8 Å². The van der Waals surface area contributed by atoms with Crippen LogP contribution in [0.1, 0.15) is 34.1 Å². The zero-order chi connectivity index (χ0) is 20.8. The fourth-order valence-corrected chi connectivity index (χ4v) is 5.64. The van der Waals surface area contributed by atoms with Crippen LogP contribution in [0, 0.1) is 0 Å². The first-order chi connectivity index (χ1) is 15.3. The van der Waals surface area contributed by atoms with Gasteiger partial charge in [0.05, 0.1) is 5.02 Å². The minimum absolute atomic E-state index is 0.248. The van der Waals surface area contributed by atoms with Gasteiger partial charge in [0.1, 0.15) is 0 Å². The second-order valence-corrected chi connectivity index (χ2v) is 8.58. The number of hydrogen-bond acceptors (Lipinski definition) is 0. The normalized spacial score (nSPS) is 17.2. The number of halogens is 1. The Balaban J connectivity index is 1.73. The Morgan fingerprint density at radius 1 is 0.452 bits per heavy atom. The van der Waals surface area contributed by atoms with E-state index in [0.717, 1.165) is 10.4 Å². The molecule has 0 N–H and O–H groups in total. The van der Waals surface area contributed by atoms with Gasteiger partial charge in [-0.3, -0.25) is 0 Å². The fourth-order valence-electron chi connectivity index (χ4n) is 5.25. The van der Waals surface area contributed by atoms with Crippen molar-refractivity contribution in [2.45, 2.75) is 11.8 Å². The third-order valence-corrected chi connectivity index (χ3v) is 6.97. The molecule has 1 aliphatic rings. The van der Waals surface area contributed by atoms with Gasteiger partial charge in [-0.1, -0.05) is 127 Å². The molecule has 1 heteroatoms. The van der Waals surface area contributed by atoms with E-state index in [2.05, 4.69) is 115 Å². The zero-order valence-electron chi connectivity index (χ0n) is 17.0. The van der Waals surface area contributed by atoms with Crippen molar-refractivity contribution >= 4 is 22.4 Å². The van der Waals surface area contributed by atoms with Gasteiger partial charge in [-0.25, -0.2) is 0 Å². The van der Waals surface area contributed by atoms with Gasteiger partial charge in [0, 0.05) is 17.2 Å². The standard InChI is InChI=1S/C30H21Cl/c31-30-24-19-11-10-18-23(24)25(20-12-4-1-5-13-20)28-26(21-14-6-2-7-15-21)27(29(28)30)22-16-8-3-9-17-22/h1-19,26-27H/t26-,27-/m0/s1. The van der Waals surface area contributed by atoms with Crippen LogP contribution in [0.2, 0.25) is 5.02 Å². The van der Waals surface area contributed by atoms with Crippen LogP contribution in [0.5, 0.6) is 0 Å². The van der Waals surface area contributed by atoms with Crippen molar-refractivity contribution in [3.05, 3.63) is 143 Å². The monoisotopic (exact) mass is 416 g/mol. The Morgan fingerprint density at radius 2 is 0.903 bits per heavy atom. The summed E-state index contributed by atoms with van der Waals surface area (Å²) in [7, 11) is 0. The zero-order valence-corrected chi connectivity index (χ0v) is 17.8. The summed E-state index contributed by atoms with van der Waals surface area (Å²) in [5.41, 5.74) is 7.87. The largest absolute Gasteiger partial charge is 0.0833 e. The third-order valence-electron chi connectivity index (χ3n) is 6.56. The summed E-state index contributed by atoms with van der Waals surface area (Å²) in [4.78, 5) is 0. The van der Waals surface area contributed by atoms with E-state index in [1.807, 2.05) is 0 Å². The van der Waals surface area contributed by atoms with Crippen LogP contribution >= 0.6 is 11.6 Å². The van der Waals surface area contributed by atoms with Crippen LogP contribution in [-0.4, -0.2) is 0 Å². The Hall–Kier alpha value is -3.35. The Kier molecular flexibility index (Phi) is 4.40. The van der Waals surface area contributed by atoms with Crippen LogP contribution in [0.3, 0.4) is 0 Å². The van der Waals surface area contributed by atoms with Crippen molar-refractivity contribution < 1.29 is 0 Å². The van der Waals surface area contributed by atoms with Gasteiger partial charge in [-0.05, 0) is 38.8 Å². The highest BCUT2D eigenvalue weighted by atomic mass is 35.5. The van der Waals surface area contributed by atoms with Gasteiger partial charge in [-0.2, -0.15) is 0 Å². The molecule has 6 rings (SSSR count). The average Bonchev–Trinajstić information content (AvgIpc) is 2.83. The van der Waals surface area contributed by atoms with E-state index in [1.54, 1.807) is 0 Å². The van der Waals surface area contributed by atoms with Gasteiger partial charge in [0.25, 0.3) is 0 Å². The van der Waals surface area contributed by atoms with Crippen molar-refractivity contribution in [3.63, 3.8) is 0 Å². The molecule has 2 atom stereocenters. The summed E-state index contributed by atoms with van der Waals surface area (Å²) >= 11 is 7.14. The molecule has 1 aliphatic carbocycles. The minimum Gasteiger partial charge on any atom is -0.0833 e. The van der Waals surface area contributed by atoms with E-state index < -0.39 is 0 Å². The van der Waals surface area contributed by atoms with Crippen LogP contribution in [-0.2, 0) is 0 Å². The highest BCUT2D eigenvalue weighted by Crippen LogP contribution is 2.61. The number of rotatable bonds is 3. The molecule has 0 aromatic heterocycles. The highest BCUT2D eigenvalue weighted by molar-refractivity contribution is 6.37. The van der Waals surface area contributed by atoms with Crippen molar-refractivity contribution in [1.82, 2.24) is 0 Å². The summed E-state index contributed by atoms with van der Waals surface area (Å²) in [5, 5.41) is 3.26. The molecule has 0 bridgehead atoms. The number of hydrogen-bond donors (Lipinski definition) is 0. The topological polar surface area (TPSA) is 0 Å². The molecule has 5 aromatic rings. The number of benzene rings is 5. The smallest absolute Gasteiger partial charge is 0.0526 e. The molecule has 0 spiro atoms. The molecule has 0 heterocycles. The van der Waals surface area contributed by atoms with E-state index in [9.17, 15) is 0 Å². The van der Waals surface area contributed by atoms with E-state index in [4.69, 9.17) is 11.6 Å². The van der Waals surface area contributed by atoms with Crippen molar-refractivity contribution in [2.75, 3.05) is 0 Å². The Labute approximate surface area is 187 Å². The Bertz CT molecular complexity index is 1370. The van der Waals surface area contributed by atoms with E-state index in [0.29, 0.717) is 0 Å². The van der Waals surface area contributed by atoms with Crippen LogP contribution < -0.4 is 0 Å². The predicted molar refractivity (Wildman–Crippen MR) is 131 cm³/mol. The second kappa shape index (κ2) is 7.41. The summed E-state index contributed by atoms with van der Waals surface area (Å²) in [6.07, 6.45) is 0. The summed E-state index contributed by atoms with van der Waals surface area (Å²) < 4.78 is 0. The molecule has 0 fully saturated rings. The molecular weight excluding hydrogens is 396 g/mol. The highest BCUT2D eigenvalue weighted by Gasteiger charge is 2.44. The van der Waals surface area contributed by atoms with Gasteiger partial charge in [0.15, 0.2) is 0 Å². The van der Waals surface area contributed by atoms with Gasteiger partial charge in [0.2, 0.25) is 0 Å². The lowest BCUT2D eigenvalue weighted by Crippen LogP contribution is -2.28. The van der Waals surface area contributed by atoms with E-state index in [-0.39, 0.29) is 11.8 Å². The van der Waals surface area contributed by atoms with Crippen molar-refractivity contribution in [3.8, 4) is 11.1 Å². The molecular formula is C30H21Cl. The maximum Gasteiger partial charge on any atom is 0.0526 e. The SMILES string of the molecule is Clc1c2c(c(-c3ccccc3)c3ccccc13)[C@@H](c1ccccc1)[C@@H]2c1ccccc1. The van der Waals surface area contributed by atoms with Gasteiger partial charge >= 0.3 is 0 Å². The molecule has 0 saturated heterocycles. The molecule has 0 radical (unpaired) electrons. The average molecular weight is 417 g/mol. The lowest BCUT2D eigenvalue weighted by molar-refractivity contribution is 0.611. The lowest BCUT2D eigenvalue weighted by Gasteiger charge is -2.44. The van der Waals surface area contributed by atoms with E-state index >= 15 is 0 Å². The van der Waals surface area contributed by atoms with Crippen molar-refractivity contribution in [1.29, 1.82) is 0 Å². The summed E-state index contributed by atoms with van der Waals surface area (Å²) in [6, 6.07) is 41.0. The molecule has 0 nitrogen and oxygen atoms in total.